The Morgan fingerprint density at radius 3 is 2.62 bits per heavy atom. The fourth-order valence-electron chi connectivity index (χ4n) is 3.97. The van der Waals surface area contributed by atoms with E-state index in [0.717, 1.165) is 50.4 Å². The summed E-state index contributed by atoms with van der Waals surface area (Å²) in [7, 11) is 0. The first kappa shape index (κ1) is 21.8. The van der Waals surface area contributed by atoms with Crippen molar-refractivity contribution in [2.75, 3.05) is 5.32 Å². The number of nitro groups is 1. The maximum absolute atomic E-state index is 13.3. The zero-order chi connectivity index (χ0) is 22.9. The summed E-state index contributed by atoms with van der Waals surface area (Å²) in [4.78, 5) is 33.0. The van der Waals surface area contributed by atoms with Gasteiger partial charge in [0.15, 0.2) is 0 Å². The number of pyridine rings is 1. The van der Waals surface area contributed by atoms with E-state index in [4.69, 9.17) is 4.84 Å². The summed E-state index contributed by atoms with van der Waals surface area (Å²) in [5.41, 5.74) is -0.175. The van der Waals surface area contributed by atoms with E-state index in [1.54, 1.807) is 6.08 Å². The van der Waals surface area contributed by atoms with Gasteiger partial charge < -0.3 is 5.32 Å². The SMILES string of the molecule is O=C(Nc1cnc(-c2ccccc2C(F)(F)F)cc1[N+](=O)[O-])C1=CC2(CCCCC2)ON1. The minimum Gasteiger partial charge on any atom is -0.314 e. The molecule has 2 aliphatic rings. The normalized spacial score (nSPS) is 17.5. The monoisotopic (exact) mass is 448 g/mol. The summed E-state index contributed by atoms with van der Waals surface area (Å²) in [5, 5.41) is 14.0. The number of alkyl halides is 3. The van der Waals surface area contributed by atoms with E-state index in [0.29, 0.717) is 0 Å². The lowest BCUT2D eigenvalue weighted by atomic mass is 9.84. The van der Waals surface area contributed by atoms with Crippen LogP contribution in [-0.4, -0.2) is 21.4 Å². The van der Waals surface area contributed by atoms with Gasteiger partial charge in [0.2, 0.25) is 0 Å². The molecule has 0 atom stereocenters. The number of nitrogens with one attached hydrogen (secondary N) is 2. The highest BCUT2D eigenvalue weighted by atomic mass is 19.4. The van der Waals surface area contributed by atoms with Crippen molar-refractivity contribution < 1.29 is 27.7 Å². The number of halogens is 3. The molecule has 1 amide bonds. The van der Waals surface area contributed by atoms with Crippen LogP contribution in [0.4, 0.5) is 24.5 Å². The maximum Gasteiger partial charge on any atom is 0.417 e. The van der Waals surface area contributed by atoms with Gasteiger partial charge in [0.1, 0.15) is 17.0 Å². The second-order valence-electron chi connectivity index (χ2n) is 7.73. The molecule has 1 aliphatic carbocycles. The second kappa shape index (κ2) is 8.23. The quantitative estimate of drug-likeness (QED) is 0.517. The van der Waals surface area contributed by atoms with Crippen molar-refractivity contribution in [2.45, 2.75) is 43.9 Å². The molecular formula is C21H19F3N4O4. The van der Waals surface area contributed by atoms with Crippen LogP contribution in [0.2, 0.25) is 0 Å². The summed E-state index contributed by atoms with van der Waals surface area (Å²) in [6.07, 6.45) is 2.52. The van der Waals surface area contributed by atoms with Gasteiger partial charge in [0, 0.05) is 11.6 Å². The van der Waals surface area contributed by atoms with Crippen LogP contribution < -0.4 is 10.8 Å². The maximum atomic E-state index is 13.3. The number of carbonyl (C=O) groups is 1. The van der Waals surface area contributed by atoms with E-state index in [1.807, 2.05) is 0 Å². The van der Waals surface area contributed by atoms with E-state index in [-0.39, 0.29) is 22.6 Å². The van der Waals surface area contributed by atoms with Crippen molar-refractivity contribution in [2.24, 2.45) is 0 Å². The van der Waals surface area contributed by atoms with E-state index >= 15 is 0 Å². The fourth-order valence-corrected chi connectivity index (χ4v) is 3.97. The molecule has 1 aromatic heterocycles. The lowest BCUT2D eigenvalue weighted by Gasteiger charge is -2.29. The summed E-state index contributed by atoms with van der Waals surface area (Å²) in [6, 6.07) is 5.57. The number of anilines is 1. The molecule has 168 valence electrons. The first-order chi connectivity index (χ1) is 15.2. The predicted molar refractivity (Wildman–Crippen MR) is 108 cm³/mol. The second-order valence-corrected chi connectivity index (χ2v) is 7.73. The molecule has 2 aromatic rings. The van der Waals surface area contributed by atoms with E-state index in [2.05, 4.69) is 15.8 Å². The molecule has 1 fully saturated rings. The lowest BCUT2D eigenvalue weighted by molar-refractivity contribution is -0.383. The third kappa shape index (κ3) is 4.28. The van der Waals surface area contributed by atoms with Crippen molar-refractivity contribution in [1.29, 1.82) is 0 Å². The van der Waals surface area contributed by atoms with Crippen LogP contribution in [0.3, 0.4) is 0 Å². The van der Waals surface area contributed by atoms with Gasteiger partial charge in [0.25, 0.3) is 11.6 Å². The van der Waals surface area contributed by atoms with Gasteiger partial charge in [-0.2, -0.15) is 13.2 Å². The number of hydrogen-bond acceptors (Lipinski definition) is 6. The Morgan fingerprint density at radius 2 is 1.94 bits per heavy atom. The third-order valence-electron chi connectivity index (χ3n) is 5.55. The van der Waals surface area contributed by atoms with Crippen LogP contribution in [0.1, 0.15) is 37.7 Å². The molecule has 0 saturated heterocycles. The molecule has 1 aliphatic heterocycles. The molecule has 1 aromatic carbocycles. The number of hydroxylamine groups is 1. The fraction of sp³-hybridized carbons (Fsp3) is 0.333. The van der Waals surface area contributed by atoms with Crippen LogP contribution >= 0.6 is 0 Å². The van der Waals surface area contributed by atoms with Crippen molar-refractivity contribution >= 4 is 17.3 Å². The zero-order valence-electron chi connectivity index (χ0n) is 16.7. The number of rotatable bonds is 4. The minimum absolute atomic E-state index is 0.118. The van der Waals surface area contributed by atoms with Crippen LogP contribution in [0.25, 0.3) is 11.3 Å². The predicted octanol–water partition coefficient (Wildman–Crippen LogP) is 4.74. The Labute approximate surface area is 180 Å². The molecule has 1 saturated carbocycles. The molecule has 11 heteroatoms. The molecule has 32 heavy (non-hydrogen) atoms. The Kier molecular flexibility index (Phi) is 5.59. The highest BCUT2D eigenvalue weighted by Gasteiger charge is 2.38. The van der Waals surface area contributed by atoms with Gasteiger partial charge in [0.05, 0.1) is 22.4 Å². The third-order valence-corrected chi connectivity index (χ3v) is 5.55. The number of amides is 1. The highest BCUT2D eigenvalue weighted by molar-refractivity contribution is 6.04. The Balaban J connectivity index is 1.62. The first-order valence-electron chi connectivity index (χ1n) is 9.98. The number of hydrogen-bond donors (Lipinski definition) is 2. The number of benzene rings is 1. The number of aromatic nitrogens is 1. The topological polar surface area (TPSA) is 106 Å². The van der Waals surface area contributed by atoms with Crippen LogP contribution in [0.15, 0.2) is 48.3 Å². The smallest absolute Gasteiger partial charge is 0.314 e. The van der Waals surface area contributed by atoms with Crippen molar-refractivity contribution in [3.63, 3.8) is 0 Å². The summed E-state index contributed by atoms with van der Waals surface area (Å²) in [6.45, 7) is 0. The van der Waals surface area contributed by atoms with Crippen LogP contribution in [0.5, 0.6) is 0 Å². The summed E-state index contributed by atoms with van der Waals surface area (Å²) in [5.74, 6) is -0.666. The van der Waals surface area contributed by atoms with Crippen LogP contribution in [0, 0.1) is 10.1 Å². The molecule has 2 N–H and O–H groups in total. The average Bonchev–Trinajstić information content (AvgIpc) is 3.17. The van der Waals surface area contributed by atoms with Crippen molar-refractivity contribution in [1.82, 2.24) is 10.5 Å². The summed E-state index contributed by atoms with van der Waals surface area (Å²) >= 11 is 0. The first-order valence-corrected chi connectivity index (χ1v) is 9.98. The Hall–Kier alpha value is -3.47. The van der Waals surface area contributed by atoms with E-state index in [9.17, 15) is 28.1 Å². The van der Waals surface area contributed by atoms with Crippen molar-refractivity contribution in [3.05, 3.63) is 64.0 Å². The van der Waals surface area contributed by atoms with E-state index < -0.39 is 33.9 Å². The molecule has 0 radical (unpaired) electrons. The molecule has 8 nitrogen and oxygen atoms in total. The number of carbonyl (C=O) groups excluding carboxylic acids is 1. The van der Waals surface area contributed by atoms with Gasteiger partial charge in [-0.15, -0.1) is 0 Å². The lowest BCUT2D eigenvalue weighted by Crippen LogP contribution is -2.32. The Morgan fingerprint density at radius 1 is 1.22 bits per heavy atom. The largest absolute Gasteiger partial charge is 0.417 e. The summed E-state index contributed by atoms with van der Waals surface area (Å²) < 4.78 is 40.0. The van der Waals surface area contributed by atoms with Gasteiger partial charge >= 0.3 is 6.18 Å². The highest BCUT2D eigenvalue weighted by Crippen LogP contribution is 2.39. The molecular weight excluding hydrogens is 429 g/mol. The van der Waals surface area contributed by atoms with Crippen LogP contribution in [-0.2, 0) is 15.8 Å². The molecule has 1 spiro atoms. The molecule has 0 unspecified atom stereocenters. The Bertz CT molecular complexity index is 1090. The molecule has 4 rings (SSSR count). The molecule has 0 bridgehead atoms. The minimum atomic E-state index is -4.66. The van der Waals surface area contributed by atoms with Gasteiger partial charge in [-0.3, -0.25) is 30.2 Å². The van der Waals surface area contributed by atoms with Gasteiger partial charge in [-0.05, 0) is 25.0 Å². The average molecular weight is 448 g/mol. The standard InChI is InChI=1S/C21H19F3N4O4/c22-21(23,24)14-7-3-2-6-13(14)15-10-18(28(30)31)17(12-25-15)26-19(29)16-11-20(32-27-16)8-4-1-5-9-20/h2-3,6-7,10-12,27H,1,4-5,8-9H2,(H,26,29). The van der Waals surface area contributed by atoms with Gasteiger partial charge in [-0.25, -0.2) is 0 Å². The number of nitrogens with zero attached hydrogens (tertiary/aromatic N) is 2. The zero-order valence-corrected chi connectivity index (χ0v) is 16.7. The van der Waals surface area contributed by atoms with Gasteiger partial charge in [-0.1, -0.05) is 37.5 Å². The van der Waals surface area contributed by atoms with E-state index in [1.165, 1.54) is 18.2 Å². The van der Waals surface area contributed by atoms with Crippen molar-refractivity contribution in [3.8, 4) is 11.3 Å². The molecule has 2 heterocycles.